The molecule has 1 aromatic carbocycles. The molecule has 1 N–H and O–H groups in total. The summed E-state index contributed by atoms with van der Waals surface area (Å²) in [5.74, 6) is -1.59. The van der Waals surface area contributed by atoms with Gasteiger partial charge in [0.15, 0.2) is 0 Å². The summed E-state index contributed by atoms with van der Waals surface area (Å²) >= 11 is 5.85. The van der Waals surface area contributed by atoms with E-state index < -0.39 is 11.8 Å². The zero-order chi connectivity index (χ0) is 11.2. The van der Waals surface area contributed by atoms with E-state index in [9.17, 15) is 9.18 Å². The molecule has 0 saturated carbocycles. The van der Waals surface area contributed by atoms with Crippen LogP contribution in [0.2, 0.25) is 5.02 Å². The third kappa shape index (κ3) is 1.37. The average molecular weight is 228 g/mol. The molecule has 5 heteroatoms. The highest BCUT2D eigenvalue weighted by Gasteiger charge is 2.16. The van der Waals surface area contributed by atoms with Gasteiger partial charge >= 0.3 is 5.97 Å². The minimum atomic E-state index is -1.11. The van der Waals surface area contributed by atoms with Gasteiger partial charge in [-0.1, -0.05) is 11.6 Å². The maximum atomic E-state index is 13.4. The molecular formula is C10H7ClFNO2. The van der Waals surface area contributed by atoms with Crippen LogP contribution in [0.4, 0.5) is 4.39 Å². The molecule has 0 spiro atoms. The summed E-state index contributed by atoms with van der Waals surface area (Å²) < 4.78 is 14.7. The van der Waals surface area contributed by atoms with Gasteiger partial charge in [-0.2, -0.15) is 0 Å². The van der Waals surface area contributed by atoms with Crippen molar-refractivity contribution in [2.75, 3.05) is 0 Å². The first-order chi connectivity index (χ1) is 7.02. The number of carbonyl (C=O) groups is 1. The minimum Gasteiger partial charge on any atom is -0.477 e. The van der Waals surface area contributed by atoms with Crippen molar-refractivity contribution in [3.05, 3.63) is 34.7 Å². The molecule has 15 heavy (non-hydrogen) atoms. The fourth-order valence-corrected chi connectivity index (χ4v) is 1.80. The number of nitrogens with zero attached hydrogens (tertiary/aromatic N) is 1. The molecule has 0 radical (unpaired) electrons. The Labute approximate surface area is 89.7 Å². The smallest absolute Gasteiger partial charge is 0.352 e. The number of aryl methyl sites for hydroxylation is 1. The van der Waals surface area contributed by atoms with Crippen molar-refractivity contribution in [2.24, 2.45) is 7.05 Å². The maximum Gasteiger partial charge on any atom is 0.352 e. The molecule has 0 bridgehead atoms. The van der Waals surface area contributed by atoms with Crippen molar-refractivity contribution < 1.29 is 14.3 Å². The third-order valence-electron chi connectivity index (χ3n) is 2.31. The van der Waals surface area contributed by atoms with Gasteiger partial charge in [-0.25, -0.2) is 9.18 Å². The Morgan fingerprint density at radius 3 is 2.73 bits per heavy atom. The number of benzene rings is 1. The number of rotatable bonds is 1. The van der Waals surface area contributed by atoms with Crippen molar-refractivity contribution in [3.8, 4) is 0 Å². The summed E-state index contributed by atoms with van der Waals surface area (Å²) in [6.45, 7) is 0. The molecule has 0 fully saturated rings. The van der Waals surface area contributed by atoms with Crippen LogP contribution in [0.15, 0.2) is 18.2 Å². The summed E-state index contributed by atoms with van der Waals surface area (Å²) in [4.78, 5) is 10.8. The molecule has 2 rings (SSSR count). The predicted molar refractivity (Wildman–Crippen MR) is 54.8 cm³/mol. The minimum absolute atomic E-state index is 0.0111. The van der Waals surface area contributed by atoms with Crippen LogP contribution < -0.4 is 0 Å². The molecule has 0 aliphatic carbocycles. The lowest BCUT2D eigenvalue weighted by Gasteiger charge is -2.00. The van der Waals surface area contributed by atoms with E-state index >= 15 is 0 Å². The highest BCUT2D eigenvalue weighted by molar-refractivity contribution is 6.35. The van der Waals surface area contributed by atoms with Crippen LogP contribution in [0.25, 0.3) is 10.9 Å². The van der Waals surface area contributed by atoms with Gasteiger partial charge in [-0.15, -0.1) is 0 Å². The lowest BCUT2D eigenvalue weighted by molar-refractivity contribution is 0.0687. The standard InChI is InChI=1S/C10H7ClFNO2/c1-13-8(10(14)15)4-5-6(11)2-3-7(12)9(5)13/h2-4H,1H3,(H,14,15). The monoisotopic (exact) mass is 227 g/mol. The van der Waals surface area contributed by atoms with Crippen LogP contribution >= 0.6 is 11.6 Å². The van der Waals surface area contributed by atoms with Crippen molar-refractivity contribution >= 4 is 28.5 Å². The van der Waals surface area contributed by atoms with Gasteiger partial charge in [0.05, 0.1) is 10.5 Å². The lowest BCUT2D eigenvalue weighted by atomic mass is 10.2. The van der Waals surface area contributed by atoms with Crippen LogP contribution in [-0.4, -0.2) is 15.6 Å². The lowest BCUT2D eigenvalue weighted by Crippen LogP contribution is -2.04. The first kappa shape index (κ1) is 9.98. The van der Waals surface area contributed by atoms with Gasteiger partial charge in [0, 0.05) is 12.4 Å². The number of hydrogen-bond donors (Lipinski definition) is 1. The van der Waals surface area contributed by atoms with Gasteiger partial charge in [0.1, 0.15) is 11.5 Å². The molecule has 0 aliphatic heterocycles. The predicted octanol–water partition coefficient (Wildman–Crippen LogP) is 2.67. The molecule has 0 atom stereocenters. The van der Waals surface area contributed by atoms with E-state index in [0.29, 0.717) is 10.4 Å². The van der Waals surface area contributed by atoms with Gasteiger partial charge in [0.25, 0.3) is 0 Å². The van der Waals surface area contributed by atoms with E-state index in [4.69, 9.17) is 16.7 Å². The van der Waals surface area contributed by atoms with Crippen LogP contribution in [-0.2, 0) is 7.05 Å². The Morgan fingerprint density at radius 1 is 1.53 bits per heavy atom. The summed E-state index contributed by atoms with van der Waals surface area (Å²) in [5, 5.41) is 9.62. The second-order valence-electron chi connectivity index (χ2n) is 3.19. The molecule has 0 aliphatic rings. The average Bonchev–Trinajstić information content (AvgIpc) is 2.51. The summed E-state index contributed by atoms with van der Waals surface area (Å²) in [7, 11) is 1.49. The Balaban J connectivity index is 2.93. The zero-order valence-corrected chi connectivity index (χ0v) is 8.55. The fourth-order valence-electron chi connectivity index (χ4n) is 1.59. The molecule has 1 heterocycles. The van der Waals surface area contributed by atoms with Crippen molar-refractivity contribution in [1.82, 2.24) is 4.57 Å². The van der Waals surface area contributed by atoms with E-state index in [1.807, 2.05) is 0 Å². The zero-order valence-electron chi connectivity index (χ0n) is 7.79. The van der Waals surface area contributed by atoms with Gasteiger partial charge < -0.3 is 9.67 Å². The number of aromatic nitrogens is 1. The Bertz CT molecular complexity index is 562. The quantitative estimate of drug-likeness (QED) is 0.814. The second kappa shape index (κ2) is 3.24. The van der Waals surface area contributed by atoms with E-state index in [-0.39, 0.29) is 11.2 Å². The summed E-state index contributed by atoms with van der Waals surface area (Å²) in [5.41, 5.74) is 0.219. The largest absolute Gasteiger partial charge is 0.477 e. The molecule has 0 unspecified atom stereocenters. The number of carboxylic acids is 1. The van der Waals surface area contributed by atoms with Crippen LogP contribution in [0.5, 0.6) is 0 Å². The fraction of sp³-hybridized carbons (Fsp3) is 0.100. The number of hydrogen-bond acceptors (Lipinski definition) is 1. The van der Waals surface area contributed by atoms with Gasteiger partial charge in [0.2, 0.25) is 0 Å². The first-order valence-corrected chi connectivity index (χ1v) is 4.57. The number of halogens is 2. The Morgan fingerprint density at radius 2 is 2.20 bits per heavy atom. The van der Waals surface area contributed by atoms with Gasteiger partial charge in [-0.05, 0) is 18.2 Å². The number of carboxylic acid groups (broad SMARTS) is 1. The topological polar surface area (TPSA) is 42.2 Å². The molecule has 2 aromatic rings. The van der Waals surface area contributed by atoms with Crippen molar-refractivity contribution in [1.29, 1.82) is 0 Å². The number of fused-ring (bicyclic) bond motifs is 1. The Kier molecular flexibility index (Phi) is 2.16. The van der Waals surface area contributed by atoms with Crippen molar-refractivity contribution in [3.63, 3.8) is 0 Å². The highest BCUT2D eigenvalue weighted by atomic mass is 35.5. The first-order valence-electron chi connectivity index (χ1n) is 4.19. The number of aromatic carboxylic acids is 1. The van der Waals surface area contributed by atoms with Crippen LogP contribution in [0.3, 0.4) is 0 Å². The molecule has 0 amide bonds. The van der Waals surface area contributed by atoms with Crippen LogP contribution in [0.1, 0.15) is 10.5 Å². The normalized spacial score (nSPS) is 10.9. The van der Waals surface area contributed by atoms with E-state index in [1.165, 1.54) is 29.8 Å². The molecule has 0 saturated heterocycles. The van der Waals surface area contributed by atoms with E-state index in [2.05, 4.69) is 0 Å². The Hall–Kier alpha value is -1.55. The van der Waals surface area contributed by atoms with E-state index in [0.717, 1.165) is 0 Å². The maximum absolute atomic E-state index is 13.4. The van der Waals surface area contributed by atoms with Crippen molar-refractivity contribution in [2.45, 2.75) is 0 Å². The van der Waals surface area contributed by atoms with E-state index in [1.54, 1.807) is 0 Å². The molecular weight excluding hydrogens is 221 g/mol. The molecule has 1 aromatic heterocycles. The molecule has 3 nitrogen and oxygen atoms in total. The second-order valence-corrected chi connectivity index (χ2v) is 3.59. The highest BCUT2D eigenvalue weighted by Crippen LogP contribution is 2.28. The van der Waals surface area contributed by atoms with Gasteiger partial charge in [-0.3, -0.25) is 0 Å². The summed E-state index contributed by atoms with van der Waals surface area (Å²) in [6.07, 6.45) is 0. The van der Waals surface area contributed by atoms with Crippen LogP contribution in [0, 0.1) is 5.82 Å². The molecule has 78 valence electrons. The SMILES string of the molecule is Cn1c(C(=O)O)cc2c(Cl)ccc(F)c21. The summed E-state index contributed by atoms with van der Waals surface area (Å²) in [6, 6.07) is 3.99. The third-order valence-corrected chi connectivity index (χ3v) is 2.64.